The van der Waals surface area contributed by atoms with E-state index in [0.717, 1.165) is 19.0 Å². The van der Waals surface area contributed by atoms with E-state index >= 15 is 0 Å². The Morgan fingerprint density at radius 3 is 2.47 bits per heavy atom. The Hall–Kier alpha value is -1.06. The van der Waals surface area contributed by atoms with Crippen LogP contribution >= 0.6 is 0 Å². The monoisotopic (exact) mass is 259 g/mol. The zero-order chi connectivity index (χ0) is 13.1. The van der Waals surface area contributed by atoms with Gasteiger partial charge in [-0.05, 0) is 31.0 Å². The number of anilines is 1. The minimum absolute atomic E-state index is 0.711. The molecule has 2 unspecified atom stereocenters. The van der Waals surface area contributed by atoms with Gasteiger partial charge in [-0.3, -0.25) is 4.90 Å². The zero-order valence-electron chi connectivity index (χ0n) is 11.9. The van der Waals surface area contributed by atoms with Gasteiger partial charge in [0.15, 0.2) is 0 Å². The first-order valence-electron chi connectivity index (χ1n) is 7.58. The first kappa shape index (κ1) is 12.9. The Morgan fingerprint density at radius 2 is 1.84 bits per heavy atom. The standard InChI is InChI=1S/C16H25N3/c1-14-7-8-17-16(14)13-18-9-11-19(12-10-18)15-5-3-2-4-6-15/h2-6,14,16-17H,7-13H2,1H3. The predicted octanol–water partition coefficient (Wildman–Crippen LogP) is 1.81. The van der Waals surface area contributed by atoms with Crippen molar-refractivity contribution in [1.82, 2.24) is 10.2 Å². The molecule has 2 saturated heterocycles. The Labute approximate surface area is 116 Å². The summed E-state index contributed by atoms with van der Waals surface area (Å²) in [5, 5.41) is 3.64. The van der Waals surface area contributed by atoms with Gasteiger partial charge in [0.25, 0.3) is 0 Å². The lowest BCUT2D eigenvalue weighted by molar-refractivity contribution is 0.222. The molecule has 0 amide bonds. The van der Waals surface area contributed by atoms with Gasteiger partial charge in [-0.2, -0.15) is 0 Å². The Bertz CT molecular complexity index is 384. The molecule has 2 atom stereocenters. The molecular formula is C16H25N3. The van der Waals surface area contributed by atoms with E-state index < -0.39 is 0 Å². The fourth-order valence-electron chi connectivity index (χ4n) is 3.25. The van der Waals surface area contributed by atoms with E-state index in [4.69, 9.17) is 0 Å². The Balaban J connectivity index is 1.49. The van der Waals surface area contributed by atoms with Crippen LogP contribution in [0.15, 0.2) is 30.3 Å². The second kappa shape index (κ2) is 5.93. The lowest BCUT2D eigenvalue weighted by Gasteiger charge is -2.37. The van der Waals surface area contributed by atoms with E-state index in [2.05, 4.69) is 52.4 Å². The summed E-state index contributed by atoms with van der Waals surface area (Å²) in [4.78, 5) is 5.13. The van der Waals surface area contributed by atoms with Gasteiger partial charge in [-0.1, -0.05) is 25.1 Å². The summed E-state index contributed by atoms with van der Waals surface area (Å²) in [6, 6.07) is 11.5. The highest BCUT2D eigenvalue weighted by Gasteiger charge is 2.26. The van der Waals surface area contributed by atoms with Crippen LogP contribution in [-0.2, 0) is 0 Å². The Morgan fingerprint density at radius 1 is 1.11 bits per heavy atom. The van der Waals surface area contributed by atoms with Crippen molar-refractivity contribution in [1.29, 1.82) is 0 Å². The topological polar surface area (TPSA) is 18.5 Å². The molecule has 0 spiro atoms. The number of hydrogen-bond donors (Lipinski definition) is 1. The first-order valence-corrected chi connectivity index (χ1v) is 7.58. The summed E-state index contributed by atoms with van der Waals surface area (Å²) in [7, 11) is 0. The van der Waals surface area contributed by atoms with Gasteiger partial charge in [0.05, 0.1) is 0 Å². The third-order valence-corrected chi connectivity index (χ3v) is 4.64. The first-order chi connectivity index (χ1) is 9.33. The largest absolute Gasteiger partial charge is 0.369 e. The van der Waals surface area contributed by atoms with Crippen LogP contribution in [0.2, 0.25) is 0 Å². The number of rotatable bonds is 3. The molecule has 0 radical (unpaired) electrons. The fourth-order valence-corrected chi connectivity index (χ4v) is 3.25. The average Bonchev–Trinajstić information content (AvgIpc) is 2.86. The van der Waals surface area contributed by atoms with Crippen LogP contribution in [-0.4, -0.2) is 50.2 Å². The minimum Gasteiger partial charge on any atom is -0.369 e. The zero-order valence-corrected chi connectivity index (χ0v) is 11.9. The maximum absolute atomic E-state index is 3.64. The molecule has 0 aromatic heterocycles. The second-order valence-electron chi connectivity index (χ2n) is 5.95. The highest BCUT2D eigenvalue weighted by molar-refractivity contribution is 5.46. The number of benzene rings is 1. The molecule has 3 rings (SSSR count). The number of nitrogens with one attached hydrogen (secondary N) is 1. The molecule has 2 aliphatic rings. The van der Waals surface area contributed by atoms with Crippen LogP contribution in [0.1, 0.15) is 13.3 Å². The van der Waals surface area contributed by atoms with Crippen molar-refractivity contribution >= 4 is 5.69 Å². The van der Waals surface area contributed by atoms with Gasteiger partial charge in [-0.25, -0.2) is 0 Å². The average molecular weight is 259 g/mol. The summed E-state index contributed by atoms with van der Waals surface area (Å²) in [5.74, 6) is 0.840. The van der Waals surface area contributed by atoms with Crippen LogP contribution in [0, 0.1) is 5.92 Å². The van der Waals surface area contributed by atoms with E-state index in [0.29, 0.717) is 6.04 Å². The molecule has 2 heterocycles. The molecular weight excluding hydrogens is 234 g/mol. The smallest absolute Gasteiger partial charge is 0.0367 e. The molecule has 2 aliphatic heterocycles. The molecule has 3 heteroatoms. The van der Waals surface area contributed by atoms with Gasteiger partial charge in [0, 0.05) is 44.5 Å². The maximum Gasteiger partial charge on any atom is 0.0367 e. The van der Waals surface area contributed by atoms with Gasteiger partial charge >= 0.3 is 0 Å². The molecule has 3 nitrogen and oxygen atoms in total. The maximum atomic E-state index is 3.64. The van der Waals surface area contributed by atoms with Crippen molar-refractivity contribution in [2.24, 2.45) is 5.92 Å². The van der Waals surface area contributed by atoms with Crippen LogP contribution < -0.4 is 10.2 Å². The van der Waals surface area contributed by atoms with Gasteiger partial charge < -0.3 is 10.2 Å². The van der Waals surface area contributed by atoms with E-state index in [1.165, 1.54) is 38.3 Å². The van der Waals surface area contributed by atoms with Crippen LogP contribution in [0.4, 0.5) is 5.69 Å². The fraction of sp³-hybridized carbons (Fsp3) is 0.625. The highest BCUT2D eigenvalue weighted by atomic mass is 15.3. The quantitative estimate of drug-likeness (QED) is 0.893. The molecule has 0 bridgehead atoms. The third-order valence-electron chi connectivity index (χ3n) is 4.64. The van der Waals surface area contributed by atoms with Gasteiger partial charge in [0.2, 0.25) is 0 Å². The number of piperazine rings is 1. The normalized spacial score (nSPS) is 28.8. The highest BCUT2D eigenvalue weighted by Crippen LogP contribution is 2.18. The van der Waals surface area contributed by atoms with Crippen molar-refractivity contribution in [3.8, 4) is 0 Å². The molecule has 1 N–H and O–H groups in total. The number of hydrogen-bond acceptors (Lipinski definition) is 3. The van der Waals surface area contributed by atoms with E-state index in [-0.39, 0.29) is 0 Å². The van der Waals surface area contributed by atoms with Gasteiger partial charge in [0.1, 0.15) is 0 Å². The lowest BCUT2D eigenvalue weighted by atomic mass is 10.0. The molecule has 1 aromatic rings. The molecule has 104 valence electrons. The molecule has 1 aromatic carbocycles. The van der Waals surface area contributed by atoms with E-state index in [1.54, 1.807) is 0 Å². The molecule has 19 heavy (non-hydrogen) atoms. The molecule has 0 aliphatic carbocycles. The van der Waals surface area contributed by atoms with Crippen molar-refractivity contribution in [2.45, 2.75) is 19.4 Å². The number of nitrogens with zero attached hydrogens (tertiary/aromatic N) is 2. The van der Waals surface area contributed by atoms with Crippen molar-refractivity contribution in [3.05, 3.63) is 30.3 Å². The minimum atomic E-state index is 0.711. The Kier molecular flexibility index (Phi) is 4.04. The van der Waals surface area contributed by atoms with Gasteiger partial charge in [-0.15, -0.1) is 0 Å². The van der Waals surface area contributed by atoms with Crippen LogP contribution in [0.25, 0.3) is 0 Å². The van der Waals surface area contributed by atoms with Crippen LogP contribution in [0.3, 0.4) is 0 Å². The second-order valence-corrected chi connectivity index (χ2v) is 5.95. The van der Waals surface area contributed by atoms with E-state index in [9.17, 15) is 0 Å². The lowest BCUT2D eigenvalue weighted by Crippen LogP contribution is -2.50. The van der Waals surface area contributed by atoms with E-state index in [1.807, 2.05) is 0 Å². The van der Waals surface area contributed by atoms with Crippen molar-refractivity contribution < 1.29 is 0 Å². The van der Waals surface area contributed by atoms with Crippen molar-refractivity contribution in [2.75, 3.05) is 44.2 Å². The molecule has 2 fully saturated rings. The summed E-state index contributed by atoms with van der Waals surface area (Å²) < 4.78 is 0. The number of para-hydroxylation sites is 1. The molecule has 0 saturated carbocycles. The SMILES string of the molecule is CC1CCNC1CN1CCN(c2ccccc2)CC1. The summed E-state index contributed by atoms with van der Waals surface area (Å²) >= 11 is 0. The van der Waals surface area contributed by atoms with Crippen LogP contribution in [0.5, 0.6) is 0 Å². The third kappa shape index (κ3) is 3.10. The summed E-state index contributed by atoms with van der Waals surface area (Å²) in [6.07, 6.45) is 1.34. The van der Waals surface area contributed by atoms with Crippen molar-refractivity contribution in [3.63, 3.8) is 0 Å². The summed E-state index contributed by atoms with van der Waals surface area (Å²) in [5.41, 5.74) is 1.37. The predicted molar refractivity (Wildman–Crippen MR) is 80.7 cm³/mol. The summed E-state index contributed by atoms with van der Waals surface area (Å²) in [6.45, 7) is 9.51.